The van der Waals surface area contributed by atoms with E-state index < -0.39 is 47.0 Å². The van der Waals surface area contributed by atoms with Crippen molar-refractivity contribution in [3.8, 4) is 17.6 Å². The molecule has 1 aliphatic heterocycles. The zero-order valence-electron chi connectivity index (χ0n) is 30.6. The molecule has 0 aromatic heterocycles. The van der Waals surface area contributed by atoms with Crippen molar-refractivity contribution in [2.24, 2.45) is 0 Å². The smallest absolute Gasteiger partial charge is 0.408 e. The predicted molar refractivity (Wildman–Crippen MR) is 196 cm³/mol. The van der Waals surface area contributed by atoms with Gasteiger partial charge in [-0.1, -0.05) is 38.1 Å². The number of anilines is 2. The number of nitriles is 1. The Hall–Kier alpha value is -6.16. The second-order valence-electron chi connectivity index (χ2n) is 13.3. The van der Waals surface area contributed by atoms with Gasteiger partial charge in [0.1, 0.15) is 40.5 Å². The molecule has 4 amide bonds. The highest BCUT2D eigenvalue weighted by atomic mass is 16.6. The number of carbonyl (C=O) groups excluding carboxylic acids is 5. The minimum absolute atomic E-state index is 0.0104. The molecule has 52 heavy (non-hydrogen) atoms. The minimum atomic E-state index is -1.17. The number of nitrogens with zero attached hydrogens (tertiary/aromatic N) is 1. The molecule has 1 heterocycles. The highest BCUT2D eigenvalue weighted by molar-refractivity contribution is 6.36. The number of esters is 1. The lowest BCUT2D eigenvalue weighted by Gasteiger charge is -2.24. The Morgan fingerprint density at radius 3 is 2.12 bits per heavy atom. The maximum atomic E-state index is 13.4. The van der Waals surface area contributed by atoms with Gasteiger partial charge in [-0.3, -0.25) is 24.5 Å². The van der Waals surface area contributed by atoms with Crippen molar-refractivity contribution < 1.29 is 38.2 Å². The van der Waals surface area contributed by atoms with Crippen molar-refractivity contribution >= 4 is 46.7 Å². The topological polar surface area (TPSA) is 185 Å². The van der Waals surface area contributed by atoms with Gasteiger partial charge in [-0.25, -0.2) is 4.79 Å². The van der Waals surface area contributed by atoms with Crippen molar-refractivity contribution in [2.75, 3.05) is 10.6 Å². The molecule has 0 bridgehead atoms. The highest BCUT2D eigenvalue weighted by Gasteiger charge is 2.32. The van der Waals surface area contributed by atoms with Gasteiger partial charge in [0.25, 0.3) is 11.8 Å². The summed E-state index contributed by atoms with van der Waals surface area (Å²) in [7, 11) is 0. The van der Waals surface area contributed by atoms with Gasteiger partial charge in [0.15, 0.2) is 0 Å². The van der Waals surface area contributed by atoms with Crippen molar-refractivity contribution in [3.05, 3.63) is 89.6 Å². The standard InChI is InChI=1S/C37H39N5O8.C2H6/c1-36(2,3)49-29(43)19-18-27(41-35(47)50-37(4,5)6)32(44)40-25-12-9-11-22(20-25)30-31(34(46)42-33(30)45)39-24-14-16-26(17-15-24)48-28-13-8-7-10-23(28)21-38;1-2/h7-17,20,27H,18-19H2,1-6H3,(H,40,44)(H,41,47)(H2,39,42,45,46);1-2H3. The molecule has 13 nitrogen and oxygen atoms in total. The second kappa shape index (κ2) is 17.7. The van der Waals surface area contributed by atoms with Crippen LogP contribution in [0.3, 0.4) is 0 Å². The number of carbonyl (C=O) groups is 5. The molecular weight excluding hydrogens is 666 g/mol. The molecule has 13 heteroatoms. The summed E-state index contributed by atoms with van der Waals surface area (Å²) in [6.07, 6.45) is -1.08. The second-order valence-corrected chi connectivity index (χ2v) is 13.3. The summed E-state index contributed by atoms with van der Waals surface area (Å²) in [6.45, 7) is 14.2. The number of hydrogen-bond donors (Lipinski definition) is 4. The maximum Gasteiger partial charge on any atom is 0.408 e. The van der Waals surface area contributed by atoms with Crippen LogP contribution in [0.25, 0.3) is 5.57 Å². The first-order chi connectivity index (χ1) is 24.5. The van der Waals surface area contributed by atoms with Gasteiger partial charge >= 0.3 is 12.1 Å². The van der Waals surface area contributed by atoms with Gasteiger partial charge in [-0.05, 0) is 102 Å². The quantitative estimate of drug-likeness (QED) is 0.122. The Labute approximate surface area is 303 Å². The highest BCUT2D eigenvalue weighted by Crippen LogP contribution is 2.30. The third kappa shape index (κ3) is 12.0. The first-order valence-corrected chi connectivity index (χ1v) is 16.8. The third-order valence-electron chi connectivity index (χ3n) is 6.77. The fourth-order valence-electron chi connectivity index (χ4n) is 4.73. The molecular formula is C39H45N5O8. The van der Waals surface area contributed by atoms with Crippen LogP contribution in [-0.2, 0) is 28.7 Å². The molecule has 4 rings (SSSR count). The SMILES string of the molecule is CC.CC(C)(C)OC(=O)CCC(NC(=O)OC(C)(C)C)C(=O)Nc1cccc(C2=C(Nc3ccc(Oc4ccccc4C#N)cc3)C(=O)NC2=O)c1. The first kappa shape index (κ1) is 40.3. The van der Waals surface area contributed by atoms with Crippen LogP contribution in [0, 0.1) is 11.3 Å². The summed E-state index contributed by atoms with van der Waals surface area (Å²) in [5.41, 5.74) is -0.0808. The van der Waals surface area contributed by atoms with E-state index in [0.29, 0.717) is 28.3 Å². The number of para-hydroxylation sites is 1. The lowest BCUT2D eigenvalue weighted by Crippen LogP contribution is -2.46. The van der Waals surface area contributed by atoms with Crippen molar-refractivity contribution in [1.82, 2.24) is 10.6 Å². The van der Waals surface area contributed by atoms with E-state index in [9.17, 15) is 29.2 Å². The van der Waals surface area contributed by atoms with Crippen LogP contribution in [0.15, 0.2) is 78.5 Å². The lowest BCUT2D eigenvalue weighted by molar-refractivity contribution is -0.155. The number of alkyl carbamates (subject to hydrolysis) is 1. The fraction of sp³-hybridized carbons (Fsp3) is 0.333. The van der Waals surface area contributed by atoms with Gasteiger partial charge in [0.2, 0.25) is 5.91 Å². The van der Waals surface area contributed by atoms with E-state index in [1.165, 1.54) is 6.07 Å². The summed E-state index contributed by atoms with van der Waals surface area (Å²) < 4.78 is 16.5. The molecule has 1 atom stereocenters. The Bertz CT molecular complexity index is 1860. The summed E-state index contributed by atoms with van der Waals surface area (Å²) in [6, 6.07) is 20.6. The van der Waals surface area contributed by atoms with Gasteiger partial charge < -0.3 is 30.2 Å². The van der Waals surface area contributed by atoms with Crippen molar-refractivity contribution in [3.63, 3.8) is 0 Å². The normalized spacial score (nSPS) is 13.1. The monoisotopic (exact) mass is 711 g/mol. The molecule has 274 valence electrons. The average molecular weight is 712 g/mol. The minimum Gasteiger partial charge on any atom is -0.460 e. The van der Waals surface area contributed by atoms with Crippen molar-refractivity contribution in [1.29, 1.82) is 5.26 Å². The molecule has 0 fully saturated rings. The largest absolute Gasteiger partial charge is 0.460 e. The van der Waals surface area contributed by atoms with Crippen LogP contribution in [0.2, 0.25) is 0 Å². The number of ether oxygens (including phenoxy) is 3. The van der Waals surface area contributed by atoms with Crippen LogP contribution in [0.5, 0.6) is 11.5 Å². The number of hydrogen-bond acceptors (Lipinski definition) is 10. The molecule has 0 radical (unpaired) electrons. The number of amides is 4. The number of imide groups is 1. The third-order valence-corrected chi connectivity index (χ3v) is 6.77. The Morgan fingerprint density at radius 2 is 1.48 bits per heavy atom. The van der Waals surface area contributed by atoms with E-state index >= 15 is 0 Å². The summed E-state index contributed by atoms with van der Waals surface area (Å²) in [4.78, 5) is 64.2. The number of benzene rings is 3. The molecule has 0 spiro atoms. The molecule has 0 saturated carbocycles. The van der Waals surface area contributed by atoms with E-state index in [-0.39, 0.29) is 29.8 Å². The summed E-state index contributed by atoms with van der Waals surface area (Å²) in [5, 5.41) is 19.8. The Morgan fingerprint density at radius 1 is 0.827 bits per heavy atom. The van der Waals surface area contributed by atoms with Crippen LogP contribution in [-0.4, -0.2) is 47.0 Å². The Kier molecular flexibility index (Phi) is 13.7. The maximum absolute atomic E-state index is 13.4. The van der Waals surface area contributed by atoms with Gasteiger partial charge in [-0.15, -0.1) is 0 Å². The summed E-state index contributed by atoms with van der Waals surface area (Å²) >= 11 is 0. The molecule has 4 N–H and O–H groups in total. The molecule has 3 aromatic rings. The molecule has 0 saturated heterocycles. The number of nitrogens with one attached hydrogen (secondary N) is 4. The van der Waals surface area contributed by atoms with Crippen LogP contribution in [0.4, 0.5) is 16.2 Å². The first-order valence-electron chi connectivity index (χ1n) is 16.8. The van der Waals surface area contributed by atoms with E-state index in [1.54, 1.807) is 108 Å². The van der Waals surface area contributed by atoms with Crippen LogP contribution >= 0.6 is 0 Å². The fourth-order valence-corrected chi connectivity index (χ4v) is 4.73. The zero-order chi connectivity index (χ0) is 38.6. The van der Waals surface area contributed by atoms with Crippen LogP contribution in [0.1, 0.15) is 79.4 Å². The molecule has 1 aliphatic rings. The van der Waals surface area contributed by atoms with Crippen LogP contribution < -0.4 is 26.0 Å². The van der Waals surface area contributed by atoms with E-state index in [1.807, 2.05) is 13.8 Å². The van der Waals surface area contributed by atoms with Crippen molar-refractivity contribution in [2.45, 2.75) is 85.5 Å². The molecule has 1 unspecified atom stereocenters. The van der Waals surface area contributed by atoms with E-state index in [4.69, 9.17) is 14.2 Å². The molecule has 0 aliphatic carbocycles. The molecule has 3 aromatic carbocycles. The van der Waals surface area contributed by atoms with Gasteiger partial charge in [0, 0.05) is 17.8 Å². The Balaban J connectivity index is 0.00000358. The lowest BCUT2D eigenvalue weighted by atomic mass is 10.0. The van der Waals surface area contributed by atoms with Gasteiger partial charge in [0.05, 0.1) is 11.1 Å². The summed E-state index contributed by atoms with van der Waals surface area (Å²) in [5.74, 6) is -1.63. The average Bonchev–Trinajstić information content (AvgIpc) is 3.35. The van der Waals surface area contributed by atoms with E-state index in [2.05, 4.69) is 27.3 Å². The number of rotatable bonds is 11. The van der Waals surface area contributed by atoms with Gasteiger partial charge in [-0.2, -0.15) is 5.26 Å². The van der Waals surface area contributed by atoms with E-state index in [0.717, 1.165) is 0 Å². The zero-order valence-corrected chi connectivity index (χ0v) is 30.6. The predicted octanol–water partition coefficient (Wildman–Crippen LogP) is 6.81.